The summed E-state index contributed by atoms with van der Waals surface area (Å²) in [5.74, 6) is 0. The zero-order valence-electron chi connectivity index (χ0n) is 9.33. The van der Waals surface area contributed by atoms with Crippen molar-refractivity contribution in [1.82, 2.24) is 4.90 Å². The number of nitrogens with zero attached hydrogens (tertiary/aromatic N) is 1. The van der Waals surface area contributed by atoms with Gasteiger partial charge in [0.2, 0.25) is 0 Å². The monoisotopic (exact) mass is 214 g/mol. The molecule has 0 aromatic rings. The minimum Gasteiger partial charge on any atom is -0.393 e. The Bertz CT molecular complexity index is 194. The summed E-state index contributed by atoms with van der Waals surface area (Å²) in [6.07, 6.45) is 6.26. The molecule has 0 aromatic carbocycles. The first-order chi connectivity index (χ1) is 6.61. The maximum atomic E-state index is 5.59. The second-order valence-electron chi connectivity index (χ2n) is 4.46. The second kappa shape index (κ2) is 5.66. The Labute approximate surface area is 92.8 Å². The lowest BCUT2D eigenvalue weighted by atomic mass is 10.1. The van der Waals surface area contributed by atoms with Gasteiger partial charge in [0.25, 0.3) is 0 Å². The average Bonchev–Trinajstić information content (AvgIpc) is 2.28. The van der Waals surface area contributed by atoms with Crippen LogP contribution in [0.2, 0.25) is 0 Å². The summed E-state index contributed by atoms with van der Waals surface area (Å²) < 4.78 is 0. The van der Waals surface area contributed by atoms with Crippen molar-refractivity contribution in [3.8, 4) is 0 Å². The van der Waals surface area contributed by atoms with Gasteiger partial charge in [0.15, 0.2) is 0 Å². The normalized spacial score (nSPS) is 26.9. The minimum atomic E-state index is 0.514. The summed E-state index contributed by atoms with van der Waals surface area (Å²) >= 11 is 4.96. The van der Waals surface area contributed by atoms with Crippen LogP contribution in [0.15, 0.2) is 0 Å². The van der Waals surface area contributed by atoms with Crippen molar-refractivity contribution >= 4 is 17.2 Å². The summed E-state index contributed by atoms with van der Waals surface area (Å²) in [4.78, 5) is 3.21. The average molecular weight is 214 g/mol. The van der Waals surface area contributed by atoms with Gasteiger partial charge in [-0.25, -0.2) is 0 Å². The van der Waals surface area contributed by atoms with Crippen LogP contribution in [0.25, 0.3) is 0 Å². The molecule has 0 amide bonds. The number of hydrogen-bond acceptors (Lipinski definition) is 2. The maximum absolute atomic E-state index is 5.59. The molecule has 3 heteroatoms. The smallest absolute Gasteiger partial charge is 0.0742 e. The number of likely N-dealkylation sites (tertiary alicyclic amines) is 1. The topological polar surface area (TPSA) is 29.3 Å². The zero-order valence-corrected chi connectivity index (χ0v) is 10.1. The minimum absolute atomic E-state index is 0.514. The van der Waals surface area contributed by atoms with Crippen LogP contribution in [-0.4, -0.2) is 28.5 Å². The summed E-state index contributed by atoms with van der Waals surface area (Å²) in [6.45, 7) is 5.77. The van der Waals surface area contributed by atoms with E-state index in [0.717, 1.165) is 6.42 Å². The fourth-order valence-corrected chi connectivity index (χ4v) is 2.60. The Morgan fingerprint density at radius 3 is 2.86 bits per heavy atom. The van der Waals surface area contributed by atoms with E-state index in [-0.39, 0.29) is 0 Å². The highest BCUT2D eigenvalue weighted by molar-refractivity contribution is 7.80. The molecule has 1 rings (SSSR count). The predicted octanol–water partition coefficient (Wildman–Crippen LogP) is 2.32. The number of rotatable bonds is 3. The molecule has 0 aliphatic carbocycles. The van der Waals surface area contributed by atoms with Crippen LogP contribution in [0.4, 0.5) is 0 Å². The Morgan fingerprint density at radius 1 is 1.50 bits per heavy atom. The highest BCUT2D eigenvalue weighted by Crippen LogP contribution is 2.19. The van der Waals surface area contributed by atoms with Gasteiger partial charge in [-0.05, 0) is 33.2 Å². The first kappa shape index (κ1) is 11.9. The van der Waals surface area contributed by atoms with Crippen molar-refractivity contribution in [2.75, 3.05) is 6.54 Å². The molecule has 1 aliphatic rings. The zero-order chi connectivity index (χ0) is 10.6. The molecule has 0 saturated carbocycles. The van der Waals surface area contributed by atoms with E-state index in [1.165, 1.54) is 32.2 Å². The van der Waals surface area contributed by atoms with Crippen LogP contribution >= 0.6 is 12.2 Å². The molecule has 1 fully saturated rings. The third kappa shape index (κ3) is 3.54. The van der Waals surface area contributed by atoms with E-state index in [9.17, 15) is 0 Å². The lowest BCUT2D eigenvalue weighted by Crippen LogP contribution is -2.41. The number of nitrogens with two attached hydrogens (primary N) is 1. The molecular formula is C11H22N2S. The molecule has 82 valence electrons. The molecule has 1 aliphatic heterocycles. The molecule has 2 unspecified atom stereocenters. The molecular weight excluding hydrogens is 192 g/mol. The molecule has 0 bridgehead atoms. The van der Waals surface area contributed by atoms with Crippen molar-refractivity contribution in [2.24, 2.45) is 5.73 Å². The van der Waals surface area contributed by atoms with Gasteiger partial charge in [-0.15, -0.1) is 0 Å². The third-order valence-corrected chi connectivity index (χ3v) is 3.33. The quantitative estimate of drug-likeness (QED) is 0.731. The fraction of sp³-hybridized carbons (Fsp3) is 0.909. The molecule has 2 nitrogen and oxygen atoms in total. The predicted molar refractivity (Wildman–Crippen MR) is 65.5 cm³/mol. The first-order valence-corrected chi connectivity index (χ1v) is 6.06. The van der Waals surface area contributed by atoms with Crippen molar-refractivity contribution in [1.29, 1.82) is 0 Å². The van der Waals surface area contributed by atoms with E-state index in [0.29, 0.717) is 17.1 Å². The SMILES string of the molecule is CC1CCCCCN1C(C)CC(N)=S. The Kier molecular flexibility index (Phi) is 4.82. The summed E-state index contributed by atoms with van der Waals surface area (Å²) in [5, 5.41) is 0. The van der Waals surface area contributed by atoms with E-state index in [2.05, 4.69) is 18.7 Å². The van der Waals surface area contributed by atoms with Crippen LogP contribution < -0.4 is 5.73 Å². The number of thiocarbonyl (C=S) groups is 1. The number of hydrogen-bond donors (Lipinski definition) is 1. The van der Waals surface area contributed by atoms with Crippen molar-refractivity contribution < 1.29 is 0 Å². The van der Waals surface area contributed by atoms with Crippen molar-refractivity contribution in [3.63, 3.8) is 0 Å². The van der Waals surface area contributed by atoms with Crippen LogP contribution in [0.5, 0.6) is 0 Å². The van der Waals surface area contributed by atoms with Crippen molar-refractivity contribution in [3.05, 3.63) is 0 Å². The fourth-order valence-electron chi connectivity index (χ4n) is 2.36. The lowest BCUT2D eigenvalue weighted by Gasteiger charge is -2.32. The maximum Gasteiger partial charge on any atom is 0.0742 e. The molecule has 1 heterocycles. The van der Waals surface area contributed by atoms with Crippen molar-refractivity contribution in [2.45, 2.75) is 58.0 Å². The van der Waals surface area contributed by atoms with Gasteiger partial charge >= 0.3 is 0 Å². The summed E-state index contributed by atoms with van der Waals surface area (Å²) in [6, 6.07) is 1.21. The van der Waals surface area contributed by atoms with Gasteiger partial charge in [0, 0.05) is 18.5 Å². The highest BCUT2D eigenvalue weighted by Gasteiger charge is 2.21. The molecule has 1 saturated heterocycles. The lowest BCUT2D eigenvalue weighted by molar-refractivity contribution is 0.161. The largest absolute Gasteiger partial charge is 0.393 e. The summed E-state index contributed by atoms with van der Waals surface area (Å²) in [5.41, 5.74) is 5.59. The molecule has 0 aromatic heterocycles. The van der Waals surface area contributed by atoms with Gasteiger partial charge in [-0.2, -0.15) is 0 Å². The Hall–Kier alpha value is -0.150. The molecule has 0 spiro atoms. The van der Waals surface area contributed by atoms with Gasteiger partial charge in [-0.1, -0.05) is 25.1 Å². The summed E-state index contributed by atoms with van der Waals surface area (Å²) in [7, 11) is 0. The van der Waals surface area contributed by atoms with E-state index in [1.807, 2.05) is 0 Å². The standard InChI is InChI=1S/C11H22N2S/c1-9-6-4-3-5-7-13(9)10(2)8-11(12)14/h9-10H,3-8H2,1-2H3,(H2,12,14). The Balaban J connectivity index is 2.49. The molecule has 2 N–H and O–H groups in total. The van der Waals surface area contributed by atoms with Crippen LogP contribution in [0.3, 0.4) is 0 Å². The highest BCUT2D eigenvalue weighted by atomic mass is 32.1. The van der Waals surface area contributed by atoms with Gasteiger partial charge in [0.1, 0.15) is 0 Å². The van der Waals surface area contributed by atoms with Gasteiger partial charge in [-0.3, -0.25) is 4.90 Å². The third-order valence-electron chi connectivity index (χ3n) is 3.17. The van der Waals surface area contributed by atoms with Crippen LogP contribution in [0.1, 0.15) is 46.0 Å². The Morgan fingerprint density at radius 2 is 2.21 bits per heavy atom. The second-order valence-corrected chi connectivity index (χ2v) is 4.98. The first-order valence-electron chi connectivity index (χ1n) is 5.65. The van der Waals surface area contributed by atoms with Gasteiger partial charge in [0.05, 0.1) is 4.99 Å². The van der Waals surface area contributed by atoms with E-state index < -0.39 is 0 Å². The van der Waals surface area contributed by atoms with Crippen LogP contribution in [-0.2, 0) is 0 Å². The van der Waals surface area contributed by atoms with E-state index in [1.54, 1.807) is 0 Å². The molecule has 14 heavy (non-hydrogen) atoms. The molecule has 0 radical (unpaired) electrons. The van der Waals surface area contributed by atoms with Gasteiger partial charge < -0.3 is 5.73 Å². The van der Waals surface area contributed by atoms with Crippen LogP contribution in [0, 0.1) is 0 Å². The molecule has 2 atom stereocenters. The van der Waals surface area contributed by atoms with E-state index >= 15 is 0 Å². The van der Waals surface area contributed by atoms with E-state index in [4.69, 9.17) is 18.0 Å².